The van der Waals surface area contributed by atoms with Gasteiger partial charge < -0.3 is 15.7 Å². The normalized spacial score (nSPS) is 10.9. The minimum Gasteiger partial charge on any atom is -0.478 e. The number of aromatic carboxylic acids is 1. The highest BCUT2D eigenvalue weighted by Gasteiger charge is 2.21. The lowest BCUT2D eigenvalue weighted by atomic mass is 9.95. The molecule has 2 aromatic carbocycles. The van der Waals surface area contributed by atoms with Gasteiger partial charge in [0.1, 0.15) is 0 Å². The molecule has 0 radical (unpaired) electrons. The van der Waals surface area contributed by atoms with Gasteiger partial charge in [-0.05, 0) is 42.5 Å². The standard InChI is InChI=1S/C19H19ClN2O4/c1-19(2,3)18(26)21-13-7-4-11(5-8-13)16(23)22-15-10-12(20)6-9-14(15)17(24)25/h4-10H,1-3H3,(H,21,26)(H,22,23)(H,24,25). The van der Waals surface area contributed by atoms with Crippen molar-refractivity contribution in [3.05, 3.63) is 58.6 Å². The monoisotopic (exact) mass is 374 g/mol. The summed E-state index contributed by atoms with van der Waals surface area (Å²) in [7, 11) is 0. The topological polar surface area (TPSA) is 95.5 Å². The molecule has 0 bridgehead atoms. The first-order valence-corrected chi connectivity index (χ1v) is 8.21. The van der Waals surface area contributed by atoms with E-state index in [4.69, 9.17) is 11.6 Å². The number of benzene rings is 2. The van der Waals surface area contributed by atoms with Crippen LogP contribution in [0.2, 0.25) is 5.02 Å². The molecule has 0 aliphatic heterocycles. The van der Waals surface area contributed by atoms with Crippen LogP contribution in [0.4, 0.5) is 11.4 Å². The Morgan fingerprint density at radius 1 is 0.962 bits per heavy atom. The maximum absolute atomic E-state index is 12.4. The summed E-state index contributed by atoms with van der Waals surface area (Å²) < 4.78 is 0. The summed E-state index contributed by atoms with van der Waals surface area (Å²) in [5, 5.41) is 14.8. The average molecular weight is 375 g/mol. The highest BCUT2D eigenvalue weighted by Crippen LogP contribution is 2.22. The van der Waals surface area contributed by atoms with Crippen molar-refractivity contribution in [3.8, 4) is 0 Å². The molecule has 0 atom stereocenters. The molecule has 26 heavy (non-hydrogen) atoms. The van der Waals surface area contributed by atoms with Crippen LogP contribution in [0, 0.1) is 5.41 Å². The largest absolute Gasteiger partial charge is 0.478 e. The van der Waals surface area contributed by atoms with E-state index in [0.717, 1.165) is 0 Å². The molecule has 7 heteroatoms. The zero-order valence-corrected chi connectivity index (χ0v) is 15.3. The van der Waals surface area contributed by atoms with Gasteiger partial charge in [-0.1, -0.05) is 32.4 Å². The second-order valence-electron chi connectivity index (χ2n) is 6.73. The Bertz CT molecular complexity index is 855. The molecule has 6 nitrogen and oxygen atoms in total. The van der Waals surface area contributed by atoms with Crippen LogP contribution in [0.15, 0.2) is 42.5 Å². The van der Waals surface area contributed by atoms with Gasteiger partial charge >= 0.3 is 5.97 Å². The molecular formula is C19H19ClN2O4. The third-order valence-corrected chi connectivity index (χ3v) is 3.78. The second-order valence-corrected chi connectivity index (χ2v) is 7.17. The fraction of sp³-hybridized carbons (Fsp3) is 0.211. The first kappa shape index (κ1) is 19.5. The molecular weight excluding hydrogens is 356 g/mol. The van der Waals surface area contributed by atoms with Crippen LogP contribution in [0.1, 0.15) is 41.5 Å². The van der Waals surface area contributed by atoms with Crippen LogP contribution in [-0.4, -0.2) is 22.9 Å². The summed E-state index contributed by atoms with van der Waals surface area (Å²) in [5.41, 5.74) is 0.401. The molecule has 136 valence electrons. The quantitative estimate of drug-likeness (QED) is 0.744. The average Bonchev–Trinajstić information content (AvgIpc) is 2.54. The number of carbonyl (C=O) groups is 3. The van der Waals surface area contributed by atoms with E-state index in [9.17, 15) is 19.5 Å². The Morgan fingerprint density at radius 2 is 1.58 bits per heavy atom. The number of nitrogens with one attached hydrogen (secondary N) is 2. The number of carboxylic acids is 1. The third kappa shape index (κ3) is 4.83. The Labute approximate surface area is 156 Å². The number of halogens is 1. The van der Waals surface area contributed by atoms with Gasteiger partial charge in [0.15, 0.2) is 0 Å². The molecule has 0 spiro atoms. The number of hydrogen-bond acceptors (Lipinski definition) is 3. The van der Waals surface area contributed by atoms with Gasteiger partial charge in [0.05, 0.1) is 11.3 Å². The SMILES string of the molecule is CC(C)(C)C(=O)Nc1ccc(C(=O)Nc2cc(Cl)ccc2C(=O)O)cc1. The van der Waals surface area contributed by atoms with Gasteiger partial charge in [0.2, 0.25) is 5.91 Å². The molecule has 0 unspecified atom stereocenters. The van der Waals surface area contributed by atoms with Crippen LogP contribution >= 0.6 is 11.6 Å². The van der Waals surface area contributed by atoms with Crippen LogP contribution in [0.5, 0.6) is 0 Å². The summed E-state index contributed by atoms with van der Waals surface area (Å²) in [6.07, 6.45) is 0. The molecule has 2 amide bonds. The van der Waals surface area contributed by atoms with Gasteiger partial charge in [0.25, 0.3) is 5.91 Å². The molecule has 0 aromatic heterocycles. The van der Waals surface area contributed by atoms with E-state index in [-0.39, 0.29) is 17.2 Å². The van der Waals surface area contributed by atoms with Crippen molar-refractivity contribution < 1.29 is 19.5 Å². The molecule has 0 fully saturated rings. The number of carboxylic acid groups (broad SMARTS) is 1. The Morgan fingerprint density at radius 3 is 2.12 bits per heavy atom. The summed E-state index contributed by atoms with van der Waals surface area (Å²) >= 11 is 5.87. The van der Waals surface area contributed by atoms with E-state index in [1.165, 1.54) is 18.2 Å². The molecule has 2 aromatic rings. The van der Waals surface area contributed by atoms with E-state index in [0.29, 0.717) is 16.3 Å². The molecule has 2 rings (SSSR count). The molecule has 0 saturated heterocycles. The highest BCUT2D eigenvalue weighted by atomic mass is 35.5. The minimum atomic E-state index is -1.17. The van der Waals surface area contributed by atoms with Crippen molar-refractivity contribution in [1.82, 2.24) is 0 Å². The van der Waals surface area contributed by atoms with Crippen LogP contribution in [0.25, 0.3) is 0 Å². The lowest BCUT2D eigenvalue weighted by molar-refractivity contribution is -0.123. The number of rotatable bonds is 4. The van der Waals surface area contributed by atoms with Crippen LogP contribution < -0.4 is 10.6 Å². The van der Waals surface area contributed by atoms with Crippen molar-refractivity contribution in [1.29, 1.82) is 0 Å². The van der Waals surface area contributed by atoms with Crippen molar-refractivity contribution >= 4 is 40.8 Å². The molecule has 0 saturated carbocycles. The van der Waals surface area contributed by atoms with Gasteiger partial charge in [-0.25, -0.2) is 4.79 Å². The Kier molecular flexibility index (Phi) is 5.67. The maximum Gasteiger partial charge on any atom is 0.337 e. The van der Waals surface area contributed by atoms with Crippen molar-refractivity contribution in [2.45, 2.75) is 20.8 Å². The molecule has 0 heterocycles. The molecule has 3 N–H and O–H groups in total. The number of anilines is 2. The first-order valence-electron chi connectivity index (χ1n) is 7.83. The lowest BCUT2D eigenvalue weighted by Gasteiger charge is -2.17. The van der Waals surface area contributed by atoms with Crippen molar-refractivity contribution in [3.63, 3.8) is 0 Å². The van der Waals surface area contributed by atoms with Gasteiger partial charge in [-0.15, -0.1) is 0 Å². The van der Waals surface area contributed by atoms with E-state index in [1.54, 1.807) is 45.0 Å². The van der Waals surface area contributed by atoms with E-state index >= 15 is 0 Å². The Balaban J connectivity index is 2.15. The van der Waals surface area contributed by atoms with Gasteiger partial charge in [-0.2, -0.15) is 0 Å². The number of hydrogen-bond donors (Lipinski definition) is 3. The van der Waals surface area contributed by atoms with Crippen molar-refractivity contribution in [2.75, 3.05) is 10.6 Å². The number of carbonyl (C=O) groups excluding carboxylic acids is 2. The fourth-order valence-electron chi connectivity index (χ4n) is 2.02. The highest BCUT2D eigenvalue weighted by molar-refractivity contribution is 6.31. The van der Waals surface area contributed by atoms with Crippen LogP contribution in [-0.2, 0) is 4.79 Å². The summed E-state index contributed by atoms with van der Waals surface area (Å²) in [6, 6.07) is 10.4. The van der Waals surface area contributed by atoms with E-state index < -0.39 is 17.3 Å². The third-order valence-electron chi connectivity index (χ3n) is 3.55. The lowest BCUT2D eigenvalue weighted by Crippen LogP contribution is -2.27. The van der Waals surface area contributed by atoms with E-state index in [2.05, 4.69) is 10.6 Å². The van der Waals surface area contributed by atoms with E-state index in [1.807, 2.05) is 0 Å². The predicted molar refractivity (Wildman–Crippen MR) is 101 cm³/mol. The Hall–Kier alpha value is -2.86. The number of amides is 2. The first-order chi connectivity index (χ1) is 12.1. The van der Waals surface area contributed by atoms with Gasteiger partial charge in [0, 0.05) is 21.7 Å². The summed E-state index contributed by atoms with van der Waals surface area (Å²) in [4.78, 5) is 35.6. The summed E-state index contributed by atoms with van der Waals surface area (Å²) in [6.45, 7) is 5.40. The maximum atomic E-state index is 12.4. The summed E-state index contributed by atoms with van der Waals surface area (Å²) in [5.74, 6) is -1.79. The second kappa shape index (κ2) is 7.58. The molecule has 0 aliphatic carbocycles. The van der Waals surface area contributed by atoms with Crippen LogP contribution in [0.3, 0.4) is 0 Å². The molecule has 0 aliphatic rings. The zero-order chi connectivity index (χ0) is 19.5. The van der Waals surface area contributed by atoms with Gasteiger partial charge in [-0.3, -0.25) is 9.59 Å². The predicted octanol–water partition coefficient (Wildman–Crippen LogP) is 4.28. The smallest absolute Gasteiger partial charge is 0.337 e. The van der Waals surface area contributed by atoms with Crippen molar-refractivity contribution in [2.24, 2.45) is 5.41 Å². The minimum absolute atomic E-state index is 0.0585. The fourth-order valence-corrected chi connectivity index (χ4v) is 2.20. The zero-order valence-electron chi connectivity index (χ0n) is 14.6.